The van der Waals surface area contributed by atoms with E-state index in [0.29, 0.717) is 5.56 Å². The minimum Gasteiger partial charge on any atom is -0.465 e. The Labute approximate surface area is 82.1 Å². The highest BCUT2D eigenvalue weighted by Gasteiger charge is 2.02. The second kappa shape index (κ2) is 5.01. The number of rotatable bonds is 3. The van der Waals surface area contributed by atoms with Crippen LogP contribution in [0, 0.1) is 0 Å². The van der Waals surface area contributed by atoms with Crippen molar-refractivity contribution in [3.05, 3.63) is 35.4 Å². The number of benzene rings is 1. The summed E-state index contributed by atoms with van der Waals surface area (Å²) in [7, 11) is 2.82. The molecule has 1 rings (SSSR count). The first-order valence-corrected chi connectivity index (χ1v) is 4.03. The summed E-state index contributed by atoms with van der Waals surface area (Å²) in [6.07, 6.45) is 1.56. The van der Waals surface area contributed by atoms with Crippen molar-refractivity contribution in [2.45, 2.75) is 0 Å². The van der Waals surface area contributed by atoms with Crippen LogP contribution < -0.4 is 0 Å². The summed E-state index contributed by atoms with van der Waals surface area (Å²) in [5.74, 6) is -0.347. The van der Waals surface area contributed by atoms with E-state index < -0.39 is 0 Å². The molecule has 0 heterocycles. The van der Waals surface area contributed by atoms with Gasteiger partial charge in [0.15, 0.2) is 0 Å². The lowest BCUT2D eigenvalue weighted by molar-refractivity contribution is 0.0601. The minimum absolute atomic E-state index is 0.347. The summed E-state index contributed by atoms with van der Waals surface area (Å²) in [5, 5.41) is 3.60. The first-order chi connectivity index (χ1) is 6.77. The Morgan fingerprint density at radius 3 is 2.43 bits per heavy atom. The van der Waals surface area contributed by atoms with Gasteiger partial charge in [-0.05, 0) is 17.7 Å². The maximum atomic E-state index is 11.1. The Morgan fingerprint density at radius 1 is 1.29 bits per heavy atom. The molecule has 4 nitrogen and oxygen atoms in total. The molecule has 0 aliphatic rings. The zero-order valence-electron chi connectivity index (χ0n) is 8.06. The van der Waals surface area contributed by atoms with Crippen molar-refractivity contribution in [2.75, 3.05) is 14.2 Å². The van der Waals surface area contributed by atoms with Crippen LogP contribution in [0.1, 0.15) is 15.9 Å². The molecule has 0 saturated carbocycles. The van der Waals surface area contributed by atoms with E-state index in [1.165, 1.54) is 14.2 Å². The van der Waals surface area contributed by atoms with Crippen LogP contribution in [0.15, 0.2) is 29.4 Å². The summed E-state index contributed by atoms with van der Waals surface area (Å²) < 4.78 is 4.56. The van der Waals surface area contributed by atoms with Crippen LogP contribution in [-0.2, 0) is 9.57 Å². The van der Waals surface area contributed by atoms with Gasteiger partial charge in [0.05, 0.1) is 18.9 Å². The molecule has 0 aliphatic heterocycles. The first kappa shape index (κ1) is 10.2. The Kier molecular flexibility index (Phi) is 3.67. The molecule has 0 atom stereocenters. The summed E-state index contributed by atoms with van der Waals surface area (Å²) >= 11 is 0. The fourth-order valence-corrected chi connectivity index (χ4v) is 0.937. The van der Waals surface area contributed by atoms with E-state index in [-0.39, 0.29) is 5.97 Å². The van der Waals surface area contributed by atoms with Crippen molar-refractivity contribution in [3.63, 3.8) is 0 Å². The van der Waals surface area contributed by atoms with Gasteiger partial charge in [-0.15, -0.1) is 0 Å². The molecule has 4 heteroatoms. The topological polar surface area (TPSA) is 47.9 Å². The third-order valence-corrected chi connectivity index (χ3v) is 1.64. The highest BCUT2D eigenvalue weighted by Crippen LogP contribution is 2.03. The molecule has 0 unspecified atom stereocenters. The molecule has 1 aromatic rings. The monoisotopic (exact) mass is 193 g/mol. The number of methoxy groups -OCH3 is 1. The average molecular weight is 193 g/mol. The van der Waals surface area contributed by atoms with E-state index in [2.05, 4.69) is 14.7 Å². The molecule has 0 spiro atoms. The molecule has 14 heavy (non-hydrogen) atoms. The first-order valence-electron chi connectivity index (χ1n) is 4.03. The van der Waals surface area contributed by atoms with Gasteiger partial charge in [-0.2, -0.15) is 0 Å². The van der Waals surface area contributed by atoms with Gasteiger partial charge in [-0.25, -0.2) is 4.79 Å². The van der Waals surface area contributed by atoms with Gasteiger partial charge < -0.3 is 9.57 Å². The molecule has 0 saturated heterocycles. The van der Waals surface area contributed by atoms with Crippen molar-refractivity contribution >= 4 is 12.2 Å². The van der Waals surface area contributed by atoms with E-state index in [4.69, 9.17) is 0 Å². The van der Waals surface area contributed by atoms with Crippen LogP contribution >= 0.6 is 0 Å². The largest absolute Gasteiger partial charge is 0.465 e. The maximum absolute atomic E-state index is 11.1. The maximum Gasteiger partial charge on any atom is 0.337 e. The predicted octanol–water partition coefficient (Wildman–Crippen LogP) is 1.45. The molecule has 0 fully saturated rings. The SMILES string of the molecule is CO/N=C\c1ccc(C(=O)OC)cc1. The van der Waals surface area contributed by atoms with Crippen molar-refractivity contribution in [1.29, 1.82) is 0 Å². The van der Waals surface area contributed by atoms with Gasteiger partial charge in [-0.3, -0.25) is 0 Å². The third-order valence-electron chi connectivity index (χ3n) is 1.64. The second-order valence-corrected chi connectivity index (χ2v) is 2.53. The van der Waals surface area contributed by atoms with E-state index >= 15 is 0 Å². The Hall–Kier alpha value is -1.84. The Morgan fingerprint density at radius 2 is 1.93 bits per heavy atom. The van der Waals surface area contributed by atoms with Crippen molar-refractivity contribution in [1.82, 2.24) is 0 Å². The van der Waals surface area contributed by atoms with E-state index in [1.54, 1.807) is 30.5 Å². The van der Waals surface area contributed by atoms with Crippen LogP contribution in [0.2, 0.25) is 0 Å². The van der Waals surface area contributed by atoms with Gasteiger partial charge in [0, 0.05) is 0 Å². The molecular weight excluding hydrogens is 182 g/mol. The zero-order valence-corrected chi connectivity index (χ0v) is 8.06. The quantitative estimate of drug-likeness (QED) is 0.414. The number of ether oxygens (including phenoxy) is 1. The molecular formula is C10H11NO3. The fourth-order valence-electron chi connectivity index (χ4n) is 0.937. The number of hydrogen-bond donors (Lipinski definition) is 0. The molecule has 0 radical (unpaired) electrons. The fraction of sp³-hybridized carbons (Fsp3) is 0.200. The average Bonchev–Trinajstić information content (AvgIpc) is 2.26. The minimum atomic E-state index is -0.347. The van der Waals surface area contributed by atoms with Gasteiger partial charge >= 0.3 is 5.97 Å². The van der Waals surface area contributed by atoms with Crippen LogP contribution in [0.4, 0.5) is 0 Å². The third kappa shape index (κ3) is 2.58. The number of esters is 1. The number of oxime groups is 1. The summed E-state index contributed by atoms with van der Waals surface area (Å²) in [4.78, 5) is 15.6. The van der Waals surface area contributed by atoms with Gasteiger partial charge in [-0.1, -0.05) is 17.3 Å². The van der Waals surface area contributed by atoms with Crippen LogP contribution in [0.5, 0.6) is 0 Å². The lowest BCUT2D eigenvalue weighted by Gasteiger charge is -1.98. The van der Waals surface area contributed by atoms with Crippen molar-refractivity contribution in [2.24, 2.45) is 5.16 Å². The van der Waals surface area contributed by atoms with E-state index in [1.807, 2.05) is 0 Å². The van der Waals surface area contributed by atoms with Crippen molar-refractivity contribution in [3.8, 4) is 0 Å². The zero-order chi connectivity index (χ0) is 10.4. The summed E-state index contributed by atoms with van der Waals surface area (Å²) in [6, 6.07) is 6.86. The van der Waals surface area contributed by atoms with Crippen LogP contribution in [-0.4, -0.2) is 26.4 Å². The lowest BCUT2D eigenvalue weighted by Crippen LogP contribution is -2.00. The standard InChI is InChI=1S/C10H11NO3/c1-13-10(12)9-5-3-8(4-6-9)7-11-14-2/h3-7H,1-2H3/b11-7-. The second-order valence-electron chi connectivity index (χ2n) is 2.53. The molecule has 0 bridgehead atoms. The van der Waals surface area contributed by atoms with Crippen LogP contribution in [0.25, 0.3) is 0 Å². The molecule has 74 valence electrons. The van der Waals surface area contributed by atoms with Crippen molar-refractivity contribution < 1.29 is 14.4 Å². The highest BCUT2D eigenvalue weighted by molar-refractivity contribution is 5.90. The molecule has 0 aliphatic carbocycles. The molecule has 1 aromatic carbocycles. The van der Waals surface area contributed by atoms with Gasteiger partial charge in [0.25, 0.3) is 0 Å². The normalized spacial score (nSPS) is 10.1. The smallest absolute Gasteiger partial charge is 0.337 e. The highest BCUT2D eigenvalue weighted by atomic mass is 16.6. The molecule has 0 amide bonds. The van der Waals surface area contributed by atoms with Gasteiger partial charge in [0.1, 0.15) is 7.11 Å². The number of hydrogen-bond acceptors (Lipinski definition) is 4. The predicted molar refractivity (Wildman–Crippen MR) is 52.4 cm³/mol. The summed E-state index contributed by atoms with van der Waals surface area (Å²) in [6.45, 7) is 0. The number of carbonyl (C=O) groups is 1. The Bertz CT molecular complexity index is 330. The summed E-state index contributed by atoms with van der Waals surface area (Å²) in [5.41, 5.74) is 1.38. The number of nitrogens with zero attached hydrogens (tertiary/aromatic N) is 1. The van der Waals surface area contributed by atoms with E-state index in [9.17, 15) is 4.79 Å². The van der Waals surface area contributed by atoms with Crippen LogP contribution in [0.3, 0.4) is 0 Å². The number of carbonyl (C=O) groups excluding carboxylic acids is 1. The lowest BCUT2D eigenvalue weighted by atomic mass is 10.1. The molecule has 0 aromatic heterocycles. The van der Waals surface area contributed by atoms with Gasteiger partial charge in [0.2, 0.25) is 0 Å². The Balaban J connectivity index is 2.78. The molecule has 0 N–H and O–H groups in total. The van der Waals surface area contributed by atoms with E-state index in [0.717, 1.165) is 5.56 Å².